The summed E-state index contributed by atoms with van der Waals surface area (Å²) in [6, 6.07) is 12.7. The summed E-state index contributed by atoms with van der Waals surface area (Å²) in [6.07, 6.45) is 7.37. The largest absolute Gasteiger partial charge is 0.497 e. The first kappa shape index (κ1) is 17.9. The number of hydrogen-bond acceptors (Lipinski definition) is 6. The van der Waals surface area contributed by atoms with Gasteiger partial charge in [-0.3, -0.25) is 4.98 Å². The topological polar surface area (TPSA) is 73.6 Å². The maximum absolute atomic E-state index is 10.4. The maximum atomic E-state index is 10.4. The molecule has 6 rings (SSSR count). The van der Waals surface area contributed by atoms with E-state index in [4.69, 9.17) is 18.9 Å². The molecule has 0 unspecified atom stereocenters. The summed E-state index contributed by atoms with van der Waals surface area (Å²) in [6.45, 7) is 1.63. The normalized spacial score (nSPS) is 30.0. The summed E-state index contributed by atoms with van der Waals surface area (Å²) >= 11 is 0. The molecule has 2 aliphatic heterocycles. The highest BCUT2D eigenvalue weighted by molar-refractivity contribution is 5.52. The first-order chi connectivity index (χ1) is 14.7. The van der Waals surface area contributed by atoms with Crippen molar-refractivity contribution in [2.45, 2.75) is 43.2 Å². The molecular formula is C24H22N2O4. The molecule has 0 bridgehead atoms. The summed E-state index contributed by atoms with van der Waals surface area (Å²) in [5, 5.41) is 10.4. The lowest BCUT2D eigenvalue weighted by Gasteiger charge is -2.49. The van der Waals surface area contributed by atoms with Crippen LogP contribution in [0.5, 0.6) is 5.75 Å². The molecule has 2 fully saturated rings. The van der Waals surface area contributed by atoms with Crippen molar-refractivity contribution in [3.63, 3.8) is 0 Å². The molecule has 4 aliphatic rings. The van der Waals surface area contributed by atoms with Gasteiger partial charge in [0.15, 0.2) is 5.79 Å². The number of nitriles is 1. The SMILES string of the molecule is N#C[C@]12CCC3(OCCO3)C3=CO[C@H](Cc4cc(OCc5cccnc5)ccc41)[C@@H]32. The Morgan fingerprint density at radius 3 is 2.90 bits per heavy atom. The molecule has 1 saturated carbocycles. The summed E-state index contributed by atoms with van der Waals surface area (Å²) in [4.78, 5) is 4.13. The fraction of sp³-hybridized carbons (Fsp3) is 0.417. The van der Waals surface area contributed by atoms with Gasteiger partial charge in [-0.15, -0.1) is 0 Å². The molecule has 2 aromatic rings. The highest BCUT2D eigenvalue weighted by Gasteiger charge is 2.63. The fourth-order valence-electron chi connectivity index (χ4n) is 5.63. The van der Waals surface area contributed by atoms with Crippen molar-refractivity contribution >= 4 is 0 Å². The molecule has 0 radical (unpaired) electrons. The van der Waals surface area contributed by atoms with Crippen LogP contribution in [-0.2, 0) is 32.7 Å². The van der Waals surface area contributed by atoms with Crippen molar-refractivity contribution in [2.75, 3.05) is 13.2 Å². The Hall–Kier alpha value is -2.88. The van der Waals surface area contributed by atoms with E-state index in [9.17, 15) is 5.26 Å². The standard InChI is InChI=1S/C24H22N2O4/c25-15-23-5-6-24(29-8-9-30-24)20-14-28-21(22(20)23)11-17-10-18(3-4-19(17)23)27-13-16-2-1-7-26-12-16/h1-4,7,10,12,14,21-22H,5-6,8-9,11,13H2/t21-,22-,23-/m1/s1. The van der Waals surface area contributed by atoms with Gasteiger partial charge in [0.1, 0.15) is 18.5 Å². The van der Waals surface area contributed by atoms with E-state index in [1.165, 1.54) is 0 Å². The van der Waals surface area contributed by atoms with Gasteiger partial charge in [0.2, 0.25) is 0 Å². The molecule has 0 amide bonds. The van der Waals surface area contributed by atoms with E-state index in [2.05, 4.69) is 23.2 Å². The van der Waals surface area contributed by atoms with Gasteiger partial charge >= 0.3 is 0 Å². The molecule has 3 atom stereocenters. The highest BCUT2D eigenvalue weighted by atomic mass is 16.7. The van der Waals surface area contributed by atoms with E-state index in [-0.39, 0.29) is 12.0 Å². The quantitative estimate of drug-likeness (QED) is 0.783. The van der Waals surface area contributed by atoms with Crippen LogP contribution in [0, 0.1) is 17.2 Å². The van der Waals surface area contributed by atoms with Crippen molar-refractivity contribution in [3.8, 4) is 11.8 Å². The number of rotatable bonds is 3. The Labute approximate surface area is 175 Å². The minimum absolute atomic E-state index is 0.0380. The molecule has 1 aromatic carbocycles. The molecule has 1 spiro atoms. The van der Waals surface area contributed by atoms with Gasteiger partial charge in [0, 0.05) is 42.3 Å². The zero-order valence-corrected chi connectivity index (χ0v) is 16.5. The second-order valence-corrected chi connectivity index (χ2v) is 8.43. The van der Waals surface area contributed by atoms with Crippen molar-refractivity contribution in [1.82, 2.24) is 4.98 Å². The molecular weight excluding hydrogens is 380 g/mol. The van der Waals surface area contributed by atoms with Crippen LogP contribution in [0.15, 0.2) is 54.6 Å². The number of pyridine rings is 1. The van der Waals surface area contributed by atoms with Crippen molar-refractivity contribution < 1.29 is 18.9 Å². The van der Waals surface area contributed by atoms with Gasteiger partial charge in [0.25, 0.3) is 0 Å². The lowest BCUT2D eigenvalue weighted by Crippen LogP contribution is -2.54. The zero-order chi connectivity index (χ0) is 20.2. The Morgan fingerprint density at radius 2 is 2.10 bits per heavy atom. The van der Waals surface area contributed by atoms with E-state index >= 15 is 0 Å². The van der Waals surface area contributed by atoms with E-state index in [0.29, 0.717) is 32.7 Å². The van der Waals surface area contributed by atoms with Gasteiger partial charge in [0.05, 0.1) is 31.0 Å². The predicted octanol–water partition coefficient (Wildman–Crippen LogP) is 3.41. The van der Waals surface area contributed by atoms with Crippen LogP contribution in [0.3, 0.4) is 0 Å². The summed E-state index contributed by atoms with van der Waals surface area (Å²) in [5.41, 5.74) is 3.61. The number of hydrogen-bond donors (Lipinski definition) is 0. The third-order valence-corrected chi connectivity index (χ3v) is 6.96. The summed E-state index contributed by atoms with van der Waals surface area (Å²) < 4.78 is 24.1. The molecule has 6 nitrogen and oxygen atoms in total. The molecule has 30 heavy (non-hydrogen) atoms. The minimum atomic E-state index is -0.704. The van der Waals surface area contributed by atoms with Gasteiger partial charge < -0.3 is 18.9 Å². The number of nitrogens with zero attached hydrogens (tertiary/aromatic N) is 2. The average molecular weight is 402 g/mol. The lowest BCUT2D eigenvalue weighted by atomic mass is 9.55. The first-order valence-electron chi connectivity index (χ1n) is 10.4. The number of benzene rings is 1. The predicted molar refractivity (Wildman–Crippen MR) is 106 cm³/mol. The lowest BCUT2D eigenvalue weighted by molar-refractivity contribution is -0.154. The van der Waals surface area contributed by atoms with Crippen LogP contribution in [-0.4, -0.2) is 30.1 Å². The first-order valence-corrected chi connectivity index (χ1v) is 10.4. The van der Waals surface area contributed by atoms with Crippen molar-refractivity contribution in [2.24, 2.45) is 5.92 Å². The molecule has 0 N–H and O–H groups in total. The van der Waals surface area contributed by atoms with Gasteiger partial charge in [-0.2, -0.15) is 5.26 Å². The number of ether oxygens (including phenoxy) is 4. The van der Waals surface area contributed by atoms with Crippen LogP contribution >= 0.6 is 0 Å². The van der Waals surface area contributed by atoms with E-state index in [0.717, 1.165) is 34.4 Å². The summed E-state index contributed by atoms with van der Waals surface area (Å²) in [7, 11) is 0. The van der Waals surface area contributed by atoms with Crippen molar-refractivity contribution in [1.29, 1.82) is 5.26 Å². The van der Waals surface area contributed by atoms with Gasteiger partial charge in [-0.1, -0.05) is 12.1 Å². The zero-order valence-electron chi connectivity index (χ0n) is 16.5. The molecule has 2 aliphatic carbocycles. The van der Waals surface area contributed by atoms with Crippen LogP contribution in [0.4, 0.5) is 0 Å². The Kier molecular flexibility index (Phi) is 3.92. The highest BCUT2D eigenvalue weighted by Crippen LogP contribution is 2.59. The Morgan fingerprint density at radius 1 is 1.20 bits per heavy atom. The molecule has 1 aromatic heterocycles. The van der Waals surface area contributed by atoms with Gasteiger partial charge in [-0.05, 0) is 35.7 Å². The van der Waals surface area contributed by atoms with E-state index in [1.807, 2.05) is 18.2 Å². The second kappa shape index (κ2) is 6.56. The van der Waals surface area contributed by atoms with Gasteiger partial charge in [-0.25, -0.2) is 0 Å². The molecule has 152 valence electrons. The average Bonchev–Trinajstić information content (AvgIpc) is 3.44. The molecule has 1 saturated heterocycles. The molecule has 3 heterocycles. The van der Waals surface area contributed by atoms with Crippen LogP contribution in [0.2, 0.25) is 0 Å². The molecule has 6 heteroatoms. The summed E-state index contributed by atoms with van der Waals surface area (Å²) in [5.74, 6) is 0.0541. The third kappa shape index (κ3) is 2.46. The maximum Gasteiger partial charge on any atom is 0.194 e. The fourth-order valence-corrected chi connectivity index (χ4v) is 5.63. The smallest absolute Gasteiger partial charge is 0.194 e. The Balaban J connectivity index is 1.33. The van der Waals surface area contributed by atoms with E-state index < -0.39 is 11.2 Å². The third-order valence-electron chi connectivity index (χ3n) is 6.96. The Bertz CT molecular complexity index is 1050. The number of aromatic nitrogens is 1. The van der Waals surface area contributed by atoms with Crippen LogP contribution in [0.1, 0.15) is 29.5 Å². The van der Waals surface area contributed by atoms with Crippen LogP contribution in [0.25, 0.3) is 0 Å². The number of fused-ring (bicyclic) bond motifs is 3. The monoisotopic (exact) mass is 402 g/mol. The van der Waals surface area contributed by atoms with E-state index in [1.54, 1.807) is 18.7 Å². The van der Waals surface area contributed by atoms with Crippen molar-refractivity contribution in [3.05, 3.63) is 71.3 Å². The minimum Gasteiger partial charge on any atom is -0.497 e. The van der Waals surface area contributed by atoms with Crippen LogP contribution < -0.4 is 4.74 Å². The second-order valence-electron chi connectivity index (χ2n) is 8.43.